The van der Waals surface area contributed by atoms with Crippen LogP contribution in [0.1, 0.15) is 5.56 Å². The van der Waals surface area contributed by atoms with E-state index < -0.39 is 6.04 Å². The summed E-state index contributed by atoms with van der Waals surface area (Å²) in [5, 5.41) is 4.07. The molecule has 1 saturated heterocycles. The van der Waals surface area contributed by atoms with Gasteiger partial charge >= 0.3 is 0 Å². The molecule has 0 bridgehead atoms. The molecule has 2 atom stereocenters. The van der Waals surface area contributed by atoms with E-state index in [1.807, 2.05) is 60.7 Å². The number of aliphatic imine (C=N–C) groups is 1. The van der Waals surface area contributed by atoms with Crippen LogP contribution in [0.15, 0.2) is 65.7 Å². The number of hydrogen-bond donors (Lipinski definition) is 1. The second-order valence-corrected chi connectivity index (χ2v) is 7.01. The first-order chi connectivity index (χ1) is 12.3. The van der Waals surface area contributed by atoms with Crippen molar-refractivity contribution in [1.82, 2.24) is 4.90 Å². The van der Waals surface area contributed by atoms with E-state index in [9.17, 15) is 4.79 Å². The molecule has 1 amide bonds. The molecule has 0 spiro atoms. The topological polar surface area (TPSA) is 53.9 Å². The minimum Gasteiger partial charge on any atom is -0.370 e. The highest BCUT2D eigenvalue weighted by Gasteiger charge is 2.42. The number of carbonyl (C=O) groups excluding carboxylic acids is 1. The summed E-state index contributed by atoms with van der Waals surface area (Å²) in [6, 6.07) is 19.2. The zero-order valence-electron chi connectivity index (χ0n) is 13.7. The lowest BCUT2D eigenvalue weighted by molar-refractivity contribution is -0.128. The number of ether oxygens (including phenoxy) is 1. The average Bonchev–Trinajstić information content (AvgIpc) is 3.11. The third-order valence-corrected chi connectivity index (χ3v) is 5.20. The number of nitrogens with one attached hydrogen (secondary N) is 1. The van der Waals surface area contributed by atoms with Crippen molar-refractivity contribution in [3.05, 3.63) is 66.2 Å². The maximum Gasteiger partial charge on any atom is 0.275 e. The first-order valence-corrected chi connectivity index (χ1v) is 9.29. The smallest absolute Gasteiger partial charge is 0.275 e. The molecule has 0 saturated carbocycles. The Labute approximate surface area is 151 Å². The molecule has 0 aliphatic carbocycles. The van der Waals surface area contributed by atoms with Gasteiger partial charge in [-0.3, -0.25) is 4.79 Å². The summed E-state index contributed by atoms with van der Waals surface area (Å²) in [5.74, 6) is 0.748. The Hall–Kier alpha value is -2.31. The molecule has 2 unspecified atom stereocenters. The minimum absolute atomic E-state index is 0.178. The van der Waals surface area contributed by atoms with Crippen LogP contribution in [0.3, 0.4) is 0 Å². The first-order valence-electron chi connectivity index (χ1n) is 8.30. The zero-order valence-corrected chi connectivity index (χ0v) is 14.5. The lowest BCUT2D eigenvalue weighted by atomic mass is 10.1. The third kappa shape index (κ3) is 3.55. The van der Waals surface area contributed by atoms with Crippen LogP contribution in [0.25, 0.3) is 0 Å². The molecule has 6 heteroatoms. The number of thioether (sulfide) groups is 1. The Balaban J connectivity index is 1.56. The molecule has 1 fully saturated rings. The van der Waals surface area contributed by atoms with Crippen LogP contribution in [-0.2, 0) is 16.1 Å². The van der Waals surface area contributed by atoms with E-state index in [1.165, 1.54) is 0 Å². The Bertz CT molecular complexity index is 767. The first kappa shape index (κ1) is 16.2. The maximum atomic E-state index is 12.6. The van der Waals surface area contributed by atoms with Gasteiger partial charge in [0.15, 0.2) is 17.4 Å². The Morgan fingerprint density at radius 1 is 1.12 bits per heavy atom. The van der Waals surface area contributed by atoms with Crippen molar-refractivity contribution in [2.45, 2.75) is 18.9 Å². The number of rotatable bonds is 5. The Morgan fingerprint density at radius 3 is 2.60 bits per heavy atom. The van der Waals surface area contributed by atoms with Crippen LogP contribution < -0.4 is 5.32 Å². The second-order valence-electron chi connectivity index (χ2n) is 5.95. The number of fused-ring (bicyclic) bond motifs is 1. The molecule has 2 aromatic rings. The number of para-hydroxylation sites is 1. The maximum absolute atomic E-state index is 12.6. The lowest BCUT2D eigenvalue weighted by Gasteiger charge is -2.37. The van der Waals surface area contributed by atoms with Gasteiger partial charge in [0.25, 0.3) is 5.91 Å². The van der Waals surface area contributed by atoms with Gasteiger partial charge in [0.05, 0.1) is 6.61 Å². The fourth-order valence-electron chi connectivity index (χ4n) is 3.00. The summed E-state index contributed by atoms with van der Waals surface area (Å²) in [5.41, 5.74) is 1.98. The molecule has 4 rings (SSSR count). The van der Waals surface area contributed by atoms with Crippen molar-refractivity contribution < 1.29 is 9.53 Å². The minimum atomic E-state index is -0.520. The molecular formula is C19H19N3O2S. The van der Waals surface area contributed by atoms with Crippen molar-refractivity contribution in [2.75, 3.05) is 17.6 Å². The standard InChI is InChI=1S/C19H19N3O2S/c23-17-16(20-15-9-5-2-6-10-15)18(22-11-12-25-19(22)21-17)24-13-14-7-3-1-4-8-14/h1-10,16,18,20H,11-13H2. The van der Waals surface area contributed by atoms with Gasteiger partial charge in [-0.2, -0.15) is 4.99 Å². The number of amidine groups is 1. The molecule has 2 heterocycles. The highest BCUT2D eigenvalue weighted by Crippen LogP contribution is 2.29. The molecule has 0 radical (unpaired) electrons. The number of anilines is 1. The van der Waals surface area contributed by atoms with Crippen LogP contribution in [0, 0.1) is 0 Å². The van der Waals surface area contributed by atoms with Gasteiger partial charge in [0.2, 0.25) is 0 Å². The van der Waals surface area contributed by atoms with Crippen LogP contribution in [0.2, 0.25) is 0 Å². The lowest BCUT2D eigenvalue weighted by Crippen LogP contribution is -2.55. The number of benzene rings is 2. The predicted molar refractivity (Wildman–Crippen MR) is 100 cm³/mol. The van der Waals surface area contributed by atoms with Gasteiger partial charge in [0, 0.05) is 18.0 Å². The summed E-state index contributed by atoms with van der Waals surface area (Å²) in [6.45, 7) is 1.30. The highest BCUT2D eigenvalue weighted by atomic mass is 32.2. The van der Waals surface area contributed by atoms with Gasteiger partial charge in [-0.15, -0.1) is 0 Å². The molecule has 5 nitrogen and oxygen atoms in total. The molecule has 2 aliphatic heterocycles. The summed E-state index contributed by atoms with van der Waals surface area (Å²) in [4.78, 5) is 18.9. The summed E-state index contributed by atoms with van der Waals surface area (Å²) >= 11 is 1.61. The molecular weight excluding hydrogens is 334 g/mol. The SMILES string of the molecule is O=C1N=C2SCCN2C(OCc2ccccc2)C1Nc1ccccc1. The summed E-state index contributed by atoms with van der Waals surface area (Å²) in [6.07, 6.45) is -0.365. The molecule has 128 valence electrons. The predicted octanol–water partition coefficient (Wildman–Crippen LogP) is 2.96. The number of hydrogen-bond acceptors (Lipinski definition) is 5. The van der Waals surface area contributed by atoms with Crippen molar-refractivity contribution in [1.29, 1.82) is 0 Å². The quantitative estimate of drug-likeness (QED) is 0.896. The molecule has 0 aromatic heterocycles. The molecule has 1 N–H and O–H groups in total. The Kier molecular flexibility index (Phi) is 4.72. The molecule has 2 aliphatic rings. The molecule has 25 heavy (non-hydrogen) atoms. The van der Waals surface area contributed by atoms with Crippen molar-refractivity contribution >= 4 is 28.5 Å². The van der Waals surface area contributed by atoms with Gasteiger partial charge < -0.3 is 15.0 Å². The van der Waals surface area contributed by atoms with Gasteiger partial charge in [-0.05, 0) is 17.7 Å². The summed E-state index contributed by atoms with van der Waals surface area (Å²) < 4.78 is 6.19. The van der Waals surface area contributed by atoms with E-state index in [4.69, 9.17) is 4.74 Å². The average molecular weight is 353 g/mol. The van der Waals surface area contributed by atoms with E-state index >= 15 is 0 Å². The Morgan fingerprint density at radius 2 is 1.84 bits per heavy atom. The van der Waals surface area contributed by atoms with Crippen LogP contribution >= 0.6 is 11.8 Å². The third-order valence-electron chi connectivity index (χ3n) is 4.23. The molecule has 2 aromatic carbocycles. The fraction of sp³-hybridized carbons (Fsp3) is 0.263. The van der Waals surface area contributed by atoms with E-state index in [1.54, 1.807) is 11.8 Å². The van der Waals surface area contributed by atoms with E-state index in [0.29, 0.717) is 6.61 Å². The zero-order chi connectivity index (χ0) is 17.1. The van der Waals surface area contributed by atoms with E-state index in [-0.39, 0.29) is 12.1 Å². The number of carbonyl (C=O) groups is 1. The van der Waals surface area contributed by atoms with Crippen molar-refractivity contribution in [2.24, 2.45) is 4.99 Å². The van der Waals surface area contributed by atoms with Gasteiger partial charge in [0.1, 0.15) is 0 Å². The number of nitrogens with zero attached hydrogens (tertiary/aromatic N) is 2. The van der Waals surface area contributed by atoms with Crippen molar-refractivity contribution in [3.63, 3.8) is 0 Å². The van der Waals surface area contributed by atoms with Crippen LogP contribution in [0.5, 0.6) is 0 Å². The van der Waals surface area contributed by atoms with Crippen LogP contribution in [0.4, 0.5) is 5.69 Å². The monoisotopic (exact) mass is 353 g/mol. The van der Waals surface area contributed by atoms with Crippen molar-refractivity contribution in [3.8, 4) is 0 Å². The van der Waals surface area contributed by atoms with E-state index in [2.05, 4.69) is 15.2 Å². The number of amides is 1. The van der Waals surface area contributed by atoms with Crippen LogP contribution in [-0.4, -0.2) is 40.5 Å². The normalized spacial score (nSPS) is 22.5. The summed E-state index contributed by atoms with van der Waals surface area (Å²) in [7, 11) is 0. The highest BCUT2D eigenvalue weighted by molar-refractivity contribution is 8.14. The van der Waals surface area contributed by atoms with E-state index in [0.717, 1.165) is 28.7 Å². The van der Waals surface area contributed by atoms with Gasteiger partial charge in [-0.1, -0.05) is 60.3 Å². The largest absolute Gasteiger partial charge is 0.370 e. The second kappa shape index (κ2) is 7.29. The fourth-order valence-corrected chi connectivity index (χ4v) is 3.99. The van der Waals surface area contributed by atoms with Gasteiger partial charge in [-0.25, -0.2) is 0 Å².